The summed E-state index contributed by atoms with van der Waals surface area (Å²) in [7, 11) is 1.55. The molecular weight excluding hydrogens is 323 g/mol. The summed E-state index contributed by atoms with van der Waals surface area (Å²) in [5.41, 5.74) is 0.740. The number of hydrogen-bond acceptors (Lipinski definition) is 3. The molecule has 1 aromatic heterocycles. The summed E-state index contributed by atoms with van der Waals surface area (Å²) in [6, 6.07) is 3.15. The van der Waals surface area contributed by atoms with Crippen molar-refractivity contribution in [1.82, 2.24) is 9.78 Å². The van der Waals surface area contributed by atoms with Crippen molar-refractivity contribution < 1.29 is 18.0 Å². The van der Waals surface area contributed by atoms with E-state index < -0.39 is 35.0 Å². The van der Waals surface area contributed by atoms with Crippen molar-refractivity contribution in [1.29, 1.82) is 0 Å². The molecule has 3 rings (SSSR count). The van der Waals surface area contributed by atoms with Gasteiger partial charge in [-0.2, -0.15) is 5.10 Å². The van der Waals surface area contributed by atoms with E-state index in [-0.39, 0.29) is 12.0 Å². The number of halogens is 3. The van der Waals surface area contributed by atoms with Gasteiger partial charge in [0.2, 0.25) is 5.91 Å². The van der Waals surface area contributed by atoms with E-state index in [1.807, 2.05) is 0 Å². The molecule has 1 atom stereocenters. The minimum Gasteiger partial charge on any atom is -0.323 e. The zero-order valence-corrected chi connectivity index (χ0v) is 12.8. The highest BCUT2D eigenvalue weighted by atomic mass is 19.2. The van der Waals surface area contributed by atoms with Gasteiger partial charge in [-0.25, -0.2) is 17.9 Å². The standard InChI is InChI=1S/C16H14F3N3O2/c1-22-13(23)7-9-6-8(2-4-11(9)21-22)16(24)20-12-5-3-10(17)14(18)15(12)19/h3,5,7-8H,2,4,6H2,1H3,(H,20,24). The van der Waals surface area contributed by atoms with Crippen LogP contribution in [0.1, 0.15) is 17.7 Å². The summed E-state index contributed by atoms with van der Waals surface area (Å²) in [4.78, 5) is 23.9. The molecule has 0 fully saturated rings. The van der Waals surface area contributed by atoms with Gasteiger partial charge in [0.25, 0.3) is 5.56 Å². The maximum Gasteiger partial charge on any atom is 0.266 e. The van der Waals surface area contributed by atoms with Crippen molar-refractivity contribution in [2.45, 2.75) is 19.3 Å². The Hall–Kier alpha value is -2.64. The molecule has 0 bridgehead atoms. The van der Waals surface area contributed by atoms with E-state index in [4.69, 9.17) is 0 Å². The molecule has 126 valence electrons. The molecule has 0 aliphatic heterocycles. The molecule has 5 nitrogen and oxygen atoms in total. The number of fused-ring (bicyclic) bond motifs is 1. The van der Waals surface area contributed by atoms with E-state index >= 15 is 0 Å². The van der Waals surface area contributed by atoms with Crippen molar-refractivity contribution in [3.63, 3.8) is 0 Å². The zero-order chi connectivity index (χ0) is 17.4. The lowest BCUT2D eigenvalue weighted by atomic mass is 9.86. The van der Waals surface area contributed by atoms with Gasteiger partial charge in [0, 0.05) is 19.0 Å². The summed E-state index contributed by atoms with van der Waals surface area (Å²) in [5, 5.41) is 6.43. The average Bonchev–Trinajstić information content (AvgIpc) is 2.56. The van der Waals surface area contributed by atoms with E-state index in [9.17, 15) is 22.8 Å². The van der Waals surface area contributed by atoms with Crippen LogP contribution in [0, 0.1) is 23.4 Å². The third-order valence-corrected chi connectivity index (χ3v) is 4.12. The van der Waals surface area contributed by atoms with E-state index in [2.05, 4.69) is 10.4 Å². The van der Waals surface area contributed by atoms with Gasteiger partial charge in [0.1, 0.15) is 0 Å². The fraction of sp³-hybridized carbons (Fsp3) is 0.312. The van der Waals surface area contributed by atoms with Gasteiger partial charge in [0.15, 0.2) is 17.5 Å². The SMILES string of the molecule is Cn1nc2c(cc1=O)CC(C(=O)Nc1ccc(F)c(F)c1F)CC2. The Morgan fingerprint density at radius 3 is 2.79 bits per heavy atom. The average molecular weight is 337 g/mol. The van der Waals surface area contributed by atoms with Gasteiger partial charge in [-0.3, -0.25) is 9.59 Å². The fourth-order valence-electron chi connectivity index (χ4n) is 2.77. The first kappa shape index (κ1) is 16.2. The zero-order valence-electron chi connectivity index (χ0n) is 12.8. The van der Waals surface area contributed by atoms with Crippen molar-refractivity contribution in [3.8, 4) is 0 Å². The minimum absolute atomic E-state index is 0.276. The van der Waals surface area contributed by atoms with Gasteiger partial charge in [-0.05, 0) is 37.0 Å². The first-order chi connectivity index (χ1) is 11.4. The molecule has 1 aliphatic carbocycles. The maximum atomic E-state index is 13.6. The molecule has 1 aliphatic rings. The minimum atomic E-state index is -1.63. The second-order valence-electron chi connectivity index (χ2n) is 5.73. The molecule has 0 saturated heterocycles. The van der Waals surface area contributed by atoms with Crippen LogP contribution in [0.3, 0.4) is 0 Å². The highest BCUT2D eigenvalue weighted by Gasteiger charge is 2.27. The van der Waals surface area contributed by atoms with E-state index in [0.29, 0.717) is 18.4 Å². The van der Waals surface area contributed by atoms with Gasteiger partial charge >= 0.3 is 0 Å². The number of nitrogens with zero attached hydrogens (tertiary/aromatic N) is 2. The molecule has 24 heavy (non-hydrogen) atoms. The smallest absolute Gasteiger partial charge is 0.266 e. The second kappa shape index (κ2) is 6.10. The number of carbonyl (C=O) groups is 1. The summed E-state index contributed by atoms with van der Waals surface area (Å²) < 4.78 is 41.0. The van der Waals surface area contributed by atoms with E-state index in [1.165, 1.54) is 10.7 Å². The van der Waals surface area contributed by atoms with Gasteiger partial charge in [0.05, 0.1) is 11.4 Å². The van der Waals surface area contributed by atoms with Crippen molar-refractivity contribution in [2.24, 2.45) is 13.0 Å². The number of rotatable bonds is 2. The largest absolute Gasteiger partial charge is 0.323 e. The lowest BCUT2D eigenvalue weighted by Crippen LogP contribution is -2.31. The number of hydrogen-bond donors (Lipinski definition) is 1. The molecule has 0 saturated carbocycles. The van der Waals surface area contributed by atoms with Gasteiger partial charge < -0.3 is 5.32 Å². The van der Waals surface area contributed by atoms with Crippen molar-refractivity contribution in [2.75, 3.05) is 5.32 Å². The quantitative estimate of drug-likeness (QED) is 0.852. The van der Waals surface area contributed by atoms with Crippen LogP contribution in [-0.4, -0.2) is 15.7 Å². The fourth-order valence-corrected chi connectivity index (χ4v) is 2.77. The predicted molar refractivity (Wildman–Crippen MR) is 79.9 cm³/mol. The summed E-state index contributed by atoms with van der Waals surface area (Å²) in [6.07, 6.45) is 1.26. The van der Waals surface area contributed by atoms with Crippen molar-refractivity contribution >= 4 is 11.6 Å². The number of aryl methyl sites for hydroxylation is 2. The number of amides is 1. The third kappa shape index (κ3) is 2.91. The van der Waals surface area contributed by atoms with Crippen LogP contribution in [0.5, 0.6) is 0 Å². The highest BCUT2D eigenvalue weighted by Crippen LogP contribution is 2.26. The van der Waals surface area contributed by atoms with Crippen LogP contribution in [0.2, 0.25) is 0 Å². The lowest BCUT2D eigenvalue weighted by Gasteiger charge is -2.23. The Balaban J connectivity index is 1.78. The molecule has 1 aromatic carbocycles. The summed E-state index contributed by atoms with van der Waals surface area (Å²) in [5.74, 6) is -5.39. The Bertz CT molecular complexity index is 880. The van der Waals surface area contributed by atoms with Gasteiger partial charge in [-0.15, -0.1) is 0 Å². The van der Waals surface area contributed by atoms with E-state index in [0.717, 1.165) is 17.8 Å². The third-order valence-electron chi connectivity index (χ3n) is 4.12. The van der Waals surface area contributed by atoms with Crippen LogP contribution >= 0.6 is 0 Å². The molecule has 1 heterocycles. The molecule has 1 unspecified atom stereocenters. The van der Waals surface area contributed by atoms with Gasteiger partial charge in [-0.1, -0.05) is 0 Å². The number of nitrogens with one attached hydrogen (secondary N) is 1. The lowest BCUT2D eigenvalue weighted by molar-refractivity contribution is -0.120. The normalized spacial score (nSPS) is 16.6. The molecule has 2 aromatic rings. The number of benzene rings is 1. The Kier molecular flexibility index (Phi) is 4.13. The topological polar surface area (TPSA) is 64.0 Å². The van der Waals surface area contributed by atoms with Crippen LogP contribution in [0.25, 0.3) is 0 Å². The Morgan fingerprint density at radius 2 is 2.04 bits per heavy atom. The van der Waals surface area contributed by atoms with Crippen LogP contribution in [0.15, 0.2) is 23.0 Å². The Labute approximate surface area is 135 Å². The molecular formula is C16H14F3N3O2. The highest BCUT2D eigenvalue weighted by molar-refractivity contribution is 5.93. The van der Waals surface area contributed by atoms with E-state index in [1.54, 1.807) is 7.05 Å². The van der Waals surface area contributed by atoms with Crippen molar-refractivity contribution in [3.05, 3.63) is 57.3 Å². The number of carbonyl (C=O) groups excluding carboxylic acids is 1. The summed E-state index contributed by atoms with van der Waals surface area (Å²) >= 11 is 0. The maximum absolute atomic E-state index is 13.6. The monoisotopic (exact) mass is 337 g/mol. The van der Waals surface area contributed by atoms with Crippen LogP contribution in [-0.2, 0) is 24.7 Å². The summed E-state index contributed by atoms with van der Waals surface area (Å²) in [6.45, 7) is 0. The van der Waals surface area contributed by atoms with Crippen LogP contribution in [0.4, 0.5) is 18.9 Å². The van der Waals surface area contributed by atoms with Crippen LogP contribution < -0.4 is 10.9 Å². The molecule has 0 spiro atoms. The Morgan fingerprint density at radius 1 is 1.29 bits per heavy atom. The predicted octanol–water partition coefficient (Wildman–Crippen LogP) is 1.94. The number of anilines is 1. The number of aromatic nitrogens is 2. The molecule has 1 N–H and O–H groups in total. The second-order valence-corrected chi connectivity index (χ2v) is 5.73. The first-order valence-electron chi connectivity index (χ1n) is 7.37. The first-order valence-corrected chi connectivity index (χ1v) is 7.37. The molecule has 0 radical (unpaired) electrons. The molecule has 1 amide bonds. The molecule has 8 heteroatoms.